The van der Waals surface area contributed by atoms with E-state index in [1.807, 2.05) is 51.2 Å². The number of aromatic nitrogens is 3. The van der Waals surface area contributed by atoms with E-state index in [9.17, 15) is 14.4 Å². The van der Waals surface area contributed by atoms with Crippen LogP contribution in [0.4, 0.5) is 0 Å². The van der Waals surface area contributed by atoms with Crippen LogP contribution in [0.25, 0.3) is 35.2 Å². The first kappa shape index (κ1) is 42.5. The molecule has 3 aromatic rings. The Balaban J connectivity index is 0.00000157. The van der Waals surface area contributed by atoms with Gasteiger partial charge in [0.05, 0.1) is 7.11 Å². The molecule has 3 aromatic heterocycles. The Hall–Kier alpha value is -4.28. The summed E-state index contributed by atoms with van der Waals surface area (Å²) in [5.74, 6) is -3.04. The normalized spacial score (nSPS) is 22.0. The average molecular weight is 741 g/mol. The summed E-state index contributed by atoms with van der Waals surface area (Å²) >= 11 is 0. The van der Waals surface area contributed by atoms with E-state index in [0.29, 0.717) is 40.2 Å². The smallest absolute Gasteiger partial charge is 0.664 e. The number of hydrogen-bond acceptors (Lipinski definition) is 5. The molecule has 5 heterocycles. The molecule has 282 valence electrons. The molecule has 0 N–H and O–H groups in total. The molecule has 0 spiro atoms. The van der Waals surface area contributed by atoms with Gasteiger partial charge >= 0.3 is 35.0 Å². The van der Waals surface area contributed by atoms with Gasteiger partial charge in [0.2, 0.25) is 0 Å². The summed E-state index contributed by atoms with van der Waals surface area (Å²) < 4.78 is 10.7. The Morgan fingerprint density at radius 3 is 2.22 bits per heavy atom. The van der Waals surface area contributed by atoms with Gasteiger partial charge in [-0.25, -0.2) is 0 Å². The number of carbonyl (C=O) groups is 3. The minimum absolute atomic E-state index is 0. The molecular weight excluding hydrogens is 689 g/mol. The van der Waals surface area contributed by atoms with E-state index >= 15 is 0 Å². The van der Waals surface area contributed by atoms with E-state index in [1.165, 1.54) is 13.5 Å². The van der Waals surface area contributed by atoms with Crippen molar-refractivity contribution in [2.75, 3.05) is 13.7 Å². The average Bonchev–Trinajstić information content (AvgIpc) is 3.87. The van der Waals surface area contributed by atoms with E-state index in [4.69, 9.17) is 29.7 Å². The molecule has 6 rings (SSSR count). The van der Waals surface area contributed by atoms with Crippen LogP contribution in [-0.2, 0) is 25.5 Å². The second kappa shape index (κ2) is 17.9. The molecule has 1 saturated heterocycles. The summed E-state index contributed by atoms with van der Waals surface area (Å²) in [6.45, 7) is 22.7. The Kier molecular flexibility index (Phi) is 14.1. The summed E-state index contributed by atoms with van der Waals surface area (Å²) in [5, 5.41) is 6.76. The number of carbonyl (C=O) groups excluding carboxylic acids is 3. The van der Waals surface area contributed by atoms with Crippen LogP contribution in [0.15, 0.2) is 29.6 Å². The Morgan fingerprint density at radius 1 is 0.926 bits per heavy atom. The van der Waals surface area contributed by atoms with Gasteiger partial charge in [0.25, 0.3) is 0 Å². The van der Waals surface area contributed by atoms with Crippen LogP contribution in [0.1, 0.15) is 128 Å². The quantitative estimate of drug-likeness (QED) is 0.102. The number of methoxy groups -OCH3 is 1. The monoisotopic (exact) mass is 740 g/mol. The van der Waals surface area contributed by atoms with Crippen LogP contribution >= 0.6 is 0 Å². The van der Waals surface area contributed by atoms with Gasteiger partial charge in [-0.15, -0.1) is 33.5 Å². The predicted molar refractivity (Wildman–Crippen MR) is 216 cm³/mol. The maximum absolute atomic E-state index is 14.2. The van der Waals surface area contributed by atoms with Crippen molar-refractivity contribution in [3.63, 3.8) is 0 Å². The molecular formula is C44H52MgN4O5-2. The number of fused-ring (bicyclic) bond motifs is 7. The number of rotatable bonds is 9. The molecule has 10 heteroatoms. The number of allylic oxidation sites excluding steroid dienone is 3. The van der Waals surface area contributed by atoms with Crippen molar-refractivity contribution in [3.05, 3.63) is 102 Å². The summed E-state index contributed by atoms with van der Waals surface area (Å²) in [5.41, 5.74) is 10.5. The van der Waals surface area contributed by atoms with Crippen molar-refractivity contribution in [2.24, 2.45) is 17.8 Å². The van der Waals surface area contributed by atoms with E-state index in [0.717, 1.165) is 68.5 Å². The van der Waals surface area contributed by atoms with Gasteiger partial charge in [-0.05, 0) is 70.4 Å². The third-order valence-corrected chi connectivity index (χ3v) is 10.6. The van der Waals surface area contributed by atoms with Crippen LogP contribution in [0, 0.1) is 38.5 Å². The molecule has 0 amide bonds. The van der Waals surface area contributed by atoms with Gasteiger partial charge in [-0.1, -0.05) is 105 Å². The summed E-state index contributed by atoms with van der Waals surface area (Å²) in [7, 11) is 1.28. The fraction of sp³-hybridized carbons (Fsp3) is 0.432. The van der Waals surface area contributed by atoms with Gasteiger partial charge in [0.15, 0.2) is 5.78 Å². The number of ether oxygens (including phenoxy) is 2. The molecule has 1 aliphatic carbocycles. The van der Waals surface area contributed by atoms with Crippen LogP contribution in [0.2, 0.25) is 0 Å². The van der Waals surface area contributed by atoms with Crippen LogP contribution in [0.3, 0.4) is 0 Å². The third-order valence-electron chi connectivity index (χ3n) is 10.6. The van der Waals surface area contributed by atoms with E-state index < -0.39 is 11.9 Å². The number of Topliss-reactive ketones (excluding diaryl/α,β-unsaturated/α-hetero) is 1. The number of esters is 2. The zero-order valence-electron chi connectivity index (χ0n) is 33.6. The minimum atomic E-state index is -1.21. The first-order valence-corrected chi connectivity index (χ1v) is 18.8. The predicted octanol–water partition coefficient (Wildman–Crippen LogP) is 6.75. The van der Waals surface area contributed by atoms with Crippen LogP contribution in [0.5, 0.6) is 0 Å². The largest absolute Gasteiger partial charge is 2.00 e. The van der Waals surface area contributed by atoms with Crippen molar-refractivity contribution < 1.29 is 23.9 Å². The Bertz CT molecular complexity index is 2170. The van der Waals surface area contributed by atoms with Crippen molar-refractivity contribution in [2.45, 2.75) is 94.4 Å². The Morgan fingerprint density at radius 2 is 1.59 bits per heavy atom. The molecule has 1 fully saturated rings. The fourth-order valence-electron chi connectivity index (χ4n) is 7.42. The van der Waals surface area contributed by atoms with Crippen molar-refractivity contribution >= 4 is 70.7 Å². The van der Waals surface area contributed by atoms with Gasteiger partial charge in [0, 0.05) is 12.0 Å². The van der Waals surface area contributed by atoms with Crippen LogP contribution < -0.4 is 25.7 Å². The SMILES string of the molecule is C=Cc1c2[n-]c(c1C)/C=C1\[N-]/C(=C3\c4[n-]c(c(C)c4C(=O)[C@@H]3C(=O)OC)/C=c3\[n-]/c(c(C)c3CC)=C\2)[C@@H](CCC(=O)OC/C=C(\C)CC)[C@@H]1C.CCC.[Mg+2]. The van der Waals surface area contributed by atoms with E-state index in [1.54, 1.807) is 0 Å². The topological polar surface area (TPSA) is 126 Å². The third kappa shape index (κ3) is 7.91. The number of hydrogen-bond donors (Lipinski definition) is 0. The molecule has 9 nitrogen and oxygen atoms in total. The first-order chi connectivity index (χ1) is 25.3. The molecule has 0 aromatic carbocycles. The van der Waals surface area contributed by atoms with Gasteiger partial charge in [-0.2, -0.15) is 11.4 Å². The van der Waals surface area contributed by atoms with E-state index in [-0.39, 0.29) is 59.7 Å². The summed E-state index contributed by atoms with van der Waals surface area (Å²) in [4.78, 5) is 55.6. The molecule has 2 aliphatic heterocycles. The molecule has 54 heavy (non-hydrogen) atoms. The molecule has 0 radical (unpaired) electrons. The van der Waals surface area contributed by atoms with Crippen molar-refractivity contribution in [1.82, 2.24) is 15.0 Å². The summed E-state index contributed by atoms with van der Waals surface area (Å²) in [6, 6.07) is 0. The number of nitrogens with zero attached hydrogens (tertiary/aromatic N) is 4. The second-order valence-corrected chi connectivity index (χ2v) is 14.1. The zero-order valence-corrected chi connectivity index (χ0v) is 35.0. The Labute approximate surface area is 335 Å². The zero-order chi connectivity index (χ0) is 38.7. The van der Waals surface area contributed by atoms with Crippen molar-refractivity contribution in [3.8, 4) is 0 Å². The minimum Gasteiger partial charge on any atom is -0.664 e. The van der Waals surface area contributed by atoms with Gasteiger partial charge in [-0.3, -0.25) is 14.4 Å². The molecule has 0 unspecified atom stereocenters. The molecule has 3 atom stereocenters. The van der Waals surface area contributed by atoms with Gasteiger partial charge in [0.1, 0.15) is 12.5 Å². The summed E-state index contributed by atoms with van der Waals surface area (Å²) in [6.07, 6.45) is 13.1. The standard InChI is InChI=1S/C41H45N4O5.C3H8.Mg/c1-10-20(4)15-16-50-34(46)14-13-27-23(7)30-17-28-21(5)25(11-2)32(42-28)18-29-22(6)26(12-3)33(43-29)19-31-24(8)35-39(45-31)36(38(27)44-30)37(40(35)47)41(48)49-9;1-3-2;/h11,15,17-19,23,27,37H,2,10,12-14,16H2,1,3-9H3,(H-,44,45,47);3H2,1-2H3;/q-3;;+2/p-1/b20-15+,29-18-,30-17-,33-19-;;/t23-,27-,37+;;/m0../s1. The van der Waals surface area contributed by atoms with E-state index in [2.05, 4.69) is 48.1 Å². The molecule has 0 saturated carbocycles. The first-order valence-electron chi connectivity index (χ1n) is 18.8. The number of ketones is 1. The fourth-order valence-corrected chi connectivity index (χ4v) is 7.42. The molecule has 8 bridgehead atoms. The van der Waals surface area contributed by atoms with Crippen LogP contribution in [-0.4, -0.2) is 54.5 Å². The van der Waals surface area contributed by atoms with Gasteiger partial charge < -0.3 is 29.7 Å². The maximum atomic E-state index is 14.2. The maximum Gasteiger partial charge on any atom is 2.00 e. The second-order valence-electron chi connectivity index (χ2n) is 14.1. The van der Waals surface area contributed by atoms with Crippen molar-refractivity contribution in [1.29, 1.82) is 0 Å². The molecule has 3 aliphatic rings.